The Morgan fingerprint density at radius 2 is 1.89 bits per heavy atom. The Labute approximate surface area is 159 Å². The van der Waals surface area contributed by atoms with Crippen molar-refractivity contribution in [1.29, 1.82) is 0 Å². The van der Waals surface area contributed by atoms with Gasteiger partial charge in [-0.2, -0.15) is 4.98 Å². The van der Waals surface area contributed by atoms with Crippen molar-refractivity contribution in [3.8, 4) is 11.4 Å². The summed E-state index contributed by atoms with van der Waals surface area (Å²) in [5.74, 6) is 1.02. The number of benzene rings is 2. The van der Waals surface area contributed by atoms with Crippen LogP contribution >= 0.6 is 0 Å². The van der Waals surface area contributed by atoms with Crippen LogP contribution in [0.3, 0.4) is 0 Å². The highest BCUT2D eigenvalue weighted by Gasteiger charge is 2.12. The number of carbonyl (C=O) groups is 1. The Kier molecular flexibility index (Phi) is 5.54. The van der Waals surface area contributed by atoms with Gasteiger partial charge in [-0.05, 0) is 57.0 Å². The zero-order valence-electron chi connectivity index (χ0n) is 16.0. The third kappa shape index (κ3) is 4.53. The SMILES string of the molecule is Cc1cc(C(=O)NC(C)C)ccc1NCc1nc(-c2ccccc2C)no1. The molecule has 0 saturated carbocycles. The zero-order valence-corrected chi connectivity index (χ0v) is 16.0. The highest BCUT2D eigenvalue weighted by atomic mass is 16.5. The summed E-state index contributed by atoms with van der Waals surface area (Å²) in [6, 6.07) is 13.6. The summed E-state index contributed by atoms with van der Waals surface area (Å²) in [7, 11) is 0. The smallest absolute Gasteiger partial charge is 0.251 e. The standard InChI is InChI=1S/C21H24N4O2/c1-13(2)23-21(26)16-9-10-18(15(4)11-16)22-12-19-24-20(25-27-19)17-8-6-5-7-14(17)3/h5-11,13,22H,12H2,1-4H3,(H,23,26). The maximum absolute atomic E-state index is 12.1. The first kappa shape index (κ1) is 18.6. The number of nitrogens with zero attached hydrogens (tertiary/aromatic N) is 2. The molecule has 0 atom stereocenters. The molecule has 3 rings (SSSR count). The van der Waals surface area contributed by atoms with Crippen LogP contribution < -0.4 is 10.6 Å². The lowest BCUT2D eigenvalue weighted by Gasteiger charge is -2.11. The second-order valence-electron chi connectivity index (χ2n) is 6.84. The Bertz CT molecular complexity index is 947. The van der Waals surface area contributed by atoms with Gasteiger partial charge in [-0.25, -0.2) is 0 Å². The van der Waals surface area contributed by atoms with Crippen molar-refractivity contribution in [2.75, 3.05) is 5.32 Å². The molecular formula is C21H24N4O2. The lowest BCUT2D eigenvalue weighted by atomic mass is 10.1. The molecule has 1 aromatic heterocycles. The molecule has 6 nitrogen and oxygen atoms in total. The van der Waals surface area contributed by atoms with Crippen LogP contribution in [-0.2, 0) is 6.54 Å². The third-order valence-electron chi connectivity index (χ3n) is 4.19. The van der Waals surface area contributed by atoms with Crippen LogP contribution in [-0.4, -0.2) is 22.1 Å². The summed E-state index contributed by atoms with van der Waals surface area (Å²) >= 11 is 0. The molecule has 3 aromatic rings. The molecule has 140 valence electrons. The van der Waals surface area contributed by atoms with E-state index in [2.05, 4.69) is 20.8 Å². The highest BCUT2D eigenvalue weighted by molar-refractivity contribution is 5.95. The molecule has 0 spiro atoms. The molecule has 27 heavy (non-hydrogen) atoms. The van der Waals surface area contributed by atoms with E-state index in [9.17, 15) is 4.79 Å². The van der Waals surface area contributed by atoms with Crippen LogP contribution in [0.5, 0.6) is 0 Å². The first-order chi connectivity index (χ1) is 12.9. The van der Waals surface area contributed by atoms with Gasteiger partial charge in [0.2, 0.25) is 11.7 Å². The number of amides is 1. The average molecular weight is 364 g/mol. The number of carbonyl (C=O) groups excluding carboxylic acids is 1. The van der Waals surface area contributed by atoms with E-state index in [1.54, 1.807) is 6.07 Å². The highest BCUT2D eigenvalue weighted by Crippen LogP contribution is 2.21. The van der Waals surface area contributed by atoms with Crippen molar-refractivity contribution in [3.63, 3.8) is 0 Å². The van der Waals surface area contributed by atoms with Crippen LogP contribution in [0.25, 0.3) is 11.4 Å². The summed E-state index contributed by atoms with van der Waals surface area (Å²) < 4.78 is 5.35. The van der Waals surface area contributed by atoms with Crippen LogP contribution in [0.1, 0.15) is 41.2 Å². The molecule has 2 aromatic carbocycles. The molecule has 0 saturated heterocycles. The number of hydrogen-bond donors (Lipinski definition) is 2. The Hall–Kier alpha value is -3.15. The lowest BCUT2D eigenvalue weighted by molar-refractivity contribution is 0.0943. The molecule has 0 aliphatic rings. The van der Waals surface area contributed by atoms with Gasteiger partial charge in [0.25, 0.3) is 5.91 Å². The van der Waals surface area contributed by atoms with E-state index < -0.39 is 0 Å². The van der Waals surface area contributed by atoms with E-state index in [0.717, 1.165) is 22.4 Å². The van der Waals surface area contributed by atoms with Gasteiger partial charge in [-0.3, -0.25) is 4.79 Å². The van der Waals surface area contributed by atoms with E-state index in [-0.39, 0.29) is 11.9 Å². The predicted molar refractivity (Wildman–Crippen MR) is 106 cm³/mol. The van der Waals surface area contributed by atoms with Gasteiger partial charge >= 0.3 is 0 Å². The van der Waals surface area contributed by atoms with Gasteiger partial charge in [0.15, 0.2) is 0 Å². The number of nitrogens with one attached hydrogen (secondary N) is 2. The second-order valence-corrected chi connectivity index (χ2v) is 6.84. The number of aromatic nitrogens is 2. The van der Waals surface area contributed by atoms with Crippen molar-refractivity contribution < 1.29 is 9.32 Å². The Balaban J connectivity index is 1.67. The minimum absolute atomic E-state index is 0.0700. The van der Waals surface area contributed by atoms with Gasteiger partial charge in [0.1, 0.15) is 0 Å². The number of rotatable bonds is 6. The normalized spacial score (nSPS) is 10.9. The van der Waals surface area contributed by atoms with Gasteiger partial charge in [-0.1, -0.05) is 29.4 Å². The predicted octanol–water partition coefficient (Wildman–Crippen LogP) is 4.10. The molecule has 0 radical (unpaired) electrons. The fourth-order valence-corrected chi connectivity index (χ4v) is 2.78. The number of aryl methyl sites for hydroxylation is 2. The van der Waals surface area contributed by atoms with Gasteiger partial charge < -0.3 is 15.2 Å². The average Bonchev–Trinajstić information content (AvgIpc) is 3.09. The van der Waals surface area contributed by atoms with E-state index in [0.29, 0.717) is 23.8 Å². The summed E-state index contributed by atoms with van der Waals surface area (Å²) in [4.78, 5) is 16.6. The van der Waals surface area contributed by atoms with E-state index in [4.69, 9.17) is 4.52 Å². The second kappa shape index (κ2) is 8.03. The van der Waals surface area contributed by atoms with Crippen LogP contribution in [0, 0.1) is 13.8 Å². The maximum atomic E-state index is 12.1. The molecule has 0 aliphatic carbocycles. The minimum Gasteiger partial charge on any atom is -0.376 e. The fraction of sp³-hybridized carbons (Fsp3) is 0.286. The fourth-order valence-electron chi connectivity index (χ4n) is 2.78. The van der Waals surface area contributed by atoms with Gasteiger partial charge in [0.05, 0.1) is 6.54 Å². The maximum Gasteiger partial charge on any atom is 0.251 e. The number of anilines is 1. The first-order valence-electron chi connectivity index (χ1n) is 8.98. The summed E-state index contributed by atoms with van der Waals surface area (Å²) in [5.41, 5.74) is 4.61. The van der Waals surface area contributed by atoms with E-state index in [1.807, 2.05) is 64.1 Å². The monoisotopic (exact) mass is 364 g/mol. The zero-order chi connectivity index (χ0) is 19.4. The van der Waals surface area contributed by atoms with Crippen molar-refractivity contribution in [2.45, 2.75) is 40.3 Å². The Morgan fingerprint density at radius 1 is 1.11 bits per heavy atom. The molecule has 0 bridgehead atoms. The summed E-state index contributed by atoms with van der Waals surface area (Å²) in [5, 5.41) is 10.2. The summed E-state index contributed by atoms with van der Waals surface area (Å²) in [6.07, 6.45) is 0. The molecule has 1 heterocycles. The molecule has 6 heteroatoms. The molecule has 0 aliphatic heterocycles. The van der Waals surface area contributed by atoms with Crippen molar-refractivity contribution in [3.05, 3.63) is 65.0 Å². The summed E-state index contributed by atoms with van der Waals surface area (Å²) in [6.45, 7) is 8.27. The van der Waals surface area contributed by atoms with Gasteiger partial charge in [0, 0.05) is 22.9 Å². The van der Waals surface area contributed by atoms with Crippen LogP contribution in [0.15, 0.2) is 47.0 Å². The molecular weight excluding hydrogens is 340 g/mol. The topological polar surface area (TPSA) is 80.0 Å². The molecule has 1 amide bonds. The minimum atomic E-state index is -0.0700. The van der Waals surface area contributed by atoms with Crippen molar-refractivity contribution >= 4 is 11.6 Å². The van der Waals surface area contributed by atoms with Crippen LogP contribution in [0.2, 0.25) is 0 Å². The molecule has 0 unspecified atom stereocenters. The third-order valence-corrected chi connectivity index (χ3v) is 4.19. The molecule has 0 fully saturated rings. The van der Waals surface area contributed by atoms with Crippen molar-refractivity contribution in [1.82, 2.24) is 15.5 Å². The van der Waals surface area contributed by atoms with Crippen molar-refractivity contribution in [2.24, 2.45) is 0 Å². The molecule has 2 N–H and O–H groups in total. The van der Waals surface area contributed by atoms with Crippen LogP contribution in [0.4, 0.5) is 5.69 Å². The van der Waals surface area contributed by atoms with E-state index >= 15 is 0 Å². The quantitative estimate of drug-likeness (QED) is 0.688. The lowest BCUT2D eigenvalue weighted by Crippen LogP contribution is -2.30. The van der Waals surface area contributed by atoms with Gasteiger partial charge in [-0.15, -0.1) is 0 Å². The first-order valence-corrected chi connectivity index (χ1v) is 8.98. The Morgan fingerprint density at radius 3 is 2.59 bits per heavy atom. The van der Waals surface area contributed by atoms with E-state index in [1.165, 1.54) is 0 Å². The number of hydrogen-bond acceptors (Lipinski definition) is 5. The largest absolute Gasteiger partial charge is 0.376 e.